The molecule has 0 aromatic carbocycles. The highest BCUT2D eigenvalue weighted by Crippen LogP contribution is 2.04. The van der Waals surface area contributed by atoms with Crippen LogP contribution in [0.4, 0.5) is 0 Å². The first-order valence-corrected chi connectivity index (χ1v) is 5.31. The molecule has 0 amide bonds. The number of hydrogen-bond donors (Lipinski definition) is 0. The molecule has 0 fully saturated rings. The summed E-state index contributed by atoms with van der Waals surface area (Å²) < 4.78 is 0. The predicted octanol–water partition coefficient (Wildman–Crippen LogP) is 4.13. The average molecular weight is 185 g/mol. The Kier molecular flexibility index (Phi) is 6.45. The molecular weight excluding hydrogens is 168 g/mol. The average Bonchev–Trinajstić information content (AvgIpc) is 2.22. The van der Waals surface area contributed by atoms with Crippen molar-refractivity contribution in [3.05, 3.63) is 54.3 Å². The minimum atomic E-state index is 1.16. The number of rotatable bonds is 0. The molecule has 0 N–H and O–H groups in total. The molecule has 0 saturated heterocycles. The number of hydrogen-bond acceptors (Lipinski definition) is 0. The Bertz CT molecular complexity index is 270. The van der Waals surface area contributed by atoms with E-state index in [2.05, 4.69) is 30.0 Å². The van der Waals surface area contributed by atoms with Gasteiger partial charge in [-0.05, 0) is 37.8 Å². The molecule has 0 saturated carbocycles. The molecule has 0 bridgehead atoms. The first-order valence-electron chi connectivity index (χ1n) is 5.31. The summed E-state index contributed by atoms with van der Waals surface area (Å²) in [6, 6.07) is 0. The van der Waals surface area contributed by atoms with Crippen LogP contribution in [0, 0.1) is 6.08 Å². The molecule has 0 unspecified atom stereocenters. The second-order valence-electron chi connectivity index (χ2n) is 3.31. The standard InChI is InChI=1S/C14H17/c1-2-4-6-8-10-12-14-13-11-9-7-5-3-1/h1-5,11,13H,6,8,10,12,14H2/b3-1+,4-2-,13-11-. The van der Waals surface area contributed by atoms with Crippen LogP contribution in [0.5, 0.6) is 0 Å². The van der Waals surface area contributed by atoms with E-state index in [-0.39, 0.29) is 0 Å². The summed E-state index contributed by atoms with van der Waals surface area (Å²) in [7, 11) is 0. The first-order chi connectivity index (χ1) is 7.00. The van der Waals surface area contributed by atoms with Crippen LogP contribution in [0.2, 0.25) is 0 Å². The molecule has 1 aliphatic rings. The van der Waals surface area contributed by atoms with E-state index in [4.69, 9.17) is 0 Å². The zero-order valence-electron chi connectivity index (χ0n) is 8.58. The van der Waals surface area contributed by atoms with Gasteiger partial charge in [-0.25, -0.2) is 0 Å². The van der Waals surface area contributed by atoms with E-state index in [1.807, 2.05) is 24.3 Å². The van der Waals surface area contributed by atoms with Crippen molar-refractivity contribution < 1.29 is 0 Å². The van der Waals surface area contributed by atoms with Crippen LogP contribution in [0.3, 0.4) is 0 Å². The summed E-state index contributed by atoms with van der Waals surface area (Å²) in [4.78, 5) is 0. The van der Waals surface area contributed by atoms with E-state index in [9.17, 15) is 0 Å². The summed E-state index contributed by atoms with van der Waals surface area (Å²) >= 11 is 0. The van der Waals surface area contributed by atoms with Crippen LogP contribution in [0.25, 0.3) is 0 Å². The molecule has 0 atom stereocenters. The van der Waals surface area contributed by atoms with Gasteiger partial charge in [-0.15, -0.1) is 5.73 Å². The van der Waals surface area contributed by atoms with Crippen LogP contribution in [-0.4, -0.2) is 0 Å². The van der Waals surface area contributed by atoms with Crippen molar-refractivity contribution in [2.45, 2.75) is 32.1 Å². The predicted molar refractivity (Wildman–Crippen MR) is 61.8 cm³/mol. The Balaban J connectivity index is 2.48. The molecule has 0 heteroatoms. The second-order valence-corrected chi connectivity index (χ2v) is 3.31. The SMILES string of the molecule is [C]1=C=C/C=C/C=C\CCCCC/C=C\1. The van der Waals surface area contributed by atoms with Crippen molar-refractivity contribution in [3.63, 3.8) is 0 Å². The van der Waals surface area contributed by atoms with Gasteiger partial charge in [-0.3, -0.25) is 0 Å². The van der Waals surface area contributed by atoms with Crippen LogP contribution < -0.4 is 0 Å². The van der Waals surface area contributed by atoms with Crippen molar-refractivity contribution in [2.75, 3.05) is 0 Å². The van der Waals surface area contributed by atoms with Gasteiger partial charge in [0.2, 0.25) is 0 Å². The topological polar surface area (TPSA) is 0 Å². The van der Waals surface area contributed by atoms with Crippen molar-refractivity contribution >= 4 is 0 Å². The fraction of sp³-hybridized carbons (Fsp3) is 0.357. The van der Waals surface area contributed by atoms with Crippen molar-refractivity contribution in [2.24, 2.45) is 0 Å². The molecule has 73 valence electrons. The van der Waals surface area contributed by atoms with Crippen molar-refractivity contribution in [3.8, 4) is 0 Å². The molecule has 0 aromatic rings. The lowest BCUT2D eigenvalue weighted by Gasteiger charge is -1.94. The van der Waals surface area contributed by atoms with E-state index in [0.717, 1.165) is 6.42 Å². The third kappa shape index (κ3) is 6.28. The van der Waals surface area contributed by atoms with Crippen LogP contribution in [0.15, 0.2) is 48.3 Å². The Morgan fingerprint density at radius 3 is 2.57 bits per heavy atom. The fourth-order valence-corrected chi connectivity index (χ4v) is 1.28. The lowest BCUT2D eigenvalue weighted by atomic mass is 10.1. The van der Waals surface area contributed by atoms with E-state index >= 15 is 0 Å². The molecule has 14 heavy (non-hydrogen) atoms. The van der Waals surface area contributed by atoms with Crippen molar-refractivity contribution in [1.29, 1.82) is 0 Å². The molecule has 0 aliphatic heterocycles. The summed E-state index contributed by atoms with van der Waals surface area (Å²) in [5.41, 5.74) is 2.96. The second kappa shape index (κ2) is 8.34. The normalized spacial score (nSPS) is 25.1. The molecule has 1 rings (SSSR count). The lowest BCUT2D eigenvalue weighted by molar-refractivity contribution is 0.696. The zero-order chi connectivity index (χ0) is 9.90. The summed E-state index contributed by atoms with van der Waals surface area (Å²) in [5.74, 6) is 0. The van der Waals surface area contributed by atoms with Gasteiger partial charge in [0.1, 0.15) is 0 Å². The maximum Gasteiger partial charge on any atom is 0.0311 e. The third-order valence-electron chi connectivity index (χ3n) is 2.06. The maximum absolute atomic E-state index is 2.98. The first kappa shape index (κ1) is 10.8. The summed E-state index contributed by atoms with van der Waals surface area (Å²) in [6.45, 7) is 0. The van der Waals surface area contributed by atoms with Gasteiger partial charge in [-0.1, -0.05) is 36.8 Å². The molecule has 0 spiro atoms. The molecule has 1 radical (unpaired) electrons. The van der Waals surface area contributed by atoms with E-state index < -0.39 is 0 Å². The van der Waals surface area contributed by atoms with Crippen molar-refractivity contribution in [1.82, 2.24) is 0 Å². The zero-order valence-corrected chi connectivity index (χ0v) is 8.58. The van der Waals surface area contributed by atoms with E-state index in [1.165, 1.54) is 25.7 Å². The van der Waals surface area contributed by atoms with Gasteiger partial charge in [0.05, 0.1) is 0 Å². The quantitative estimate of drug-likeness (QED) is 0.498. The molecular formula is C14H17. The highest BCUT2D eigenvalue weighted by molar-refractivity contribution is 5.11. The van der Waals surface area contributed by atoms with Crippen LogP contribution >= 0.6 is 0 Å². The highest BCUT2D eigenvalue weighted by atomic mass is 13.9. The van der Waals surface area contributed by atoms with Gasteiger partial charge in [0.25, 0.3) is 0 Å². The molecule has 0 nitrogen and oxygen atoms in total. The van der Waals surface area contributed by atoms with Gasteiger partial charge < -0.3 is 0 Å². The van der Waals surface area contributed by atoms with Gasteiger partial charge in [-0.2, -0.15) is 0 Å². The summed E-state index contributed by atoms with van der Waals surface area (Å²) in [5, 5.41) is 0. The van der Waals surface area contributed by atoms with Gasteiger partial charge >= 0.3 is 0 Å². The van der Waals surface area contributed by atoms with Crippen LogP contribution in [-0.2, 0) is 0 Å². The minimum absolute atomic E-state index is 1.16. The molecule has 1 aliphatic carbocycles. The van der Waals surface area contributed by atoms with Crippen LogP contribution in [0.1, 0.15) is 32.1 Å². The Hall–Kier alpha value is -1.26. The Labute approximate surface area is 87.0 Å². The monoisotopic (exact) mass is 185 g/mol. The molecule has 0 heterocycles. The summed E-state index contributed by atoms with van der Waals surface area (Å²) in [6.07, 6.45) is 23.5. The highest BCUT2D eigenvalue weighted by Gasteiger charge is 1.84. The maximum atomic E-state index is 2.98. The van der Waals surface area contributed by atoms with Gasteiger partial charge in [0, 0.05) is 6.08 Å². The largest absolute Gasteiger partial charge is 0.112 e. The smallest absolute Gasteiger partial charge is 0.0311 e. The fourth-order valence-electron chi connectivity index (χ4n) is 1.28. The Morgan fingerprint density at radius 1 is 0.786 bits per heavy atom. The van der Waals surface area contributed by atoms with Gasteiger partial charge in [0.15, 0.2) is 0 Å². The minimum Gasteiger partial charge on any atom is -0.112 e. The Morgan fingerprint density at radius 2 is 1.64 bits per heavy atom. The lowest BCUT2D eigenvalue weighted by Crippen LogP contribution is -1.74. The number of allylic oxidation sites excluding steroid dienone is 7. The van der Waals surface area contributed by atoms with E-state index in [0.29, 0.717) is 0 Å². The van der Waals surface area contributed by atoms with E-state index in [1.54, 1.807) is 0 Å². The molecule has 0 aromatic heterocycles. The third-order valence-corrected chi connectivity index (χ3v) is 2.06.